The maximum atomic E-state index is 12.8. The quantitative estimate of drug-likeness (QED) is 0.882. The zero-order valence-corrected chi connectivity index (χ0v) is 15.6. The molecule has 1 fully saturated rings. The number of carbonyl (C=O) groups excluding carboxylic acids is 1. The van der Waals surface area contributed by atoms with Gasteiger partial charge in [-0.15, -0.1) is 5.10 Å². The molecular weight excluding hydrogens is 361 g/mol. The molecule has 0 saturated carbocycles. The van der Waals surface area contributed by atoms with Crippen molar-refractivity contribution in [3.8, 4) is 5.69 Å². The number of aryl methyl sites for hydroxylation is 1. The fourth-order valence-corrected chi connectivity index (χ4v) is 3.60. The Morgan fingerprint density at radius 3 is 2.48 bits per heavy atom. The summed E-state index contributed by atoms with van der Waals surface area (Å²) in [6.07, 6.45) is 2.44. The van der Waals surface area contributed by atoms with Gasteiger partial charge in [0.25, 0.3) is 5.91 Å². The Balaban J connectivity index is 1.90. The van der Waals surface area contributed by atoms with E-state index in [1.807, 2.05) is 6.92 Å². The van der Waals surface area contributed by atoms with Crippen molar-refractivity contribution in [1.82, 2.24) is 19.7 Å². The Hall–Kier alpha value is -1.63. The second kappa shape index (κ2) is 7.72. The molecule has 1 aliphatic heterocycles. The van der Waals surface area contributed by atoms with Crippen LogP contribution in [-0.2, 0) is 6.42 Å². The minimum Gasteiger partial charge on any atom is -0.336 e. The van der Waals surface area contributed by atoms with Gasteiger partial charge in [0.15, 0.2) is 0 Å². The molecule has 134 valence electrons. The second-order valence-corrected chi connectivity index (χ2v) is 6.97. The molecule has 8 heteroatoms. The highest BCUT2D eigenvalue weighted by molar-refractivity contribution is 6.37. The molecule has 1 amide bonds. The van der Waals surface area contributed by atoms with Gasteiger partial charge in [0, 0.05) is 19.5 Å². The van der Waals surface area contributed by atoms with Crippen LogP contribution in [0.1, 0.15) is 36.2 Å². The molecule has 1 saturated heterocycles. The molecule has 6 nitrogen and oxygen atoms in total. The van der Waals surface area contributed by atoms with E-state index in [4.69, 9.17) is 28.9 Å². The first-order valence-electron chi connectivity index (χ1n) is 8.44. The summed E-state index contributed by atoms with van der Waals surface area (Å²) in [4.78, 5) is 19.0. The summed E-state index contributed by atoms with van der Waals surface area (Å²) >= 11 is 12.6. The molecule has 2 heterocycles. The van der Waals surface area contributed by atoms with E-state index in [1.54, 1.807) is 27.8 Å². The third-order valence-corrected chi connectivity index (χ3v) is 5.18. The van der Waals surface area contributed by atoms with Crippen molar-refractivity contribution in [2.24, 2.45) is 11.7 Å². The average Bonchev–Trinajstić information content (AvgIpc) is 3.05. The van der Waals surface area contributed by atoms with Crippen LogP contribution < -0.4 is 5.73 Å². The van der Waals surface area contributed by atoms with E-state index in [-0.39, 0.29) is 11.7 Å². The van der Waals surface area contributed by atoms with Crippen LogP contribution in [0, 0.1) is 5.92 Å². The first-order chi connectivity index (χ1) is 12.0. The Bertz CT molecular complexity index is 748. The number of carbonyl (C=O) groups is 1. The number of halogens is 2. The first kappa shape index (κ1) is 18.2. The van der Waals surface area contributed by atoms with Crippen LogP contribution in [0.4, 0.5) is 0 Å². The average molecular weight is 382 g/mol. The first-order valence-corrected chi connectivity index (χ1v) is 9.20. The summed E-state index contributed by atoms with van der Waals surface area (Å²) in [5, 5.41) is 5.34. The summed E-state index contributed by atoms with van der Waals surface area (Å²) in [5.74, 6) is 1.16. The SMILES string of the molecule is CCc1nc(C(=O)N2CCC(CN)CC2)nn1-c1c(Cl)cccc1Cl. The van der Waals surface area contributed by atoms with Gasteiger partial charge in [0.2, 0.25) is 5.82 Å². The van der Waals surface area contributed by atoms with Crippen LogP contribution in [-0.4, -0.2) is 45.2 Å². The molecule has 0 unspecified atom stereocenters. The number of nitrogens with zero attached hydrogens (tertiary/aromatic N) is 4. The number of piperidine rings is 1. The van der Waals surface area contributed by atoms with Crippen LogP contribution in [0.15, 0.2) is 18.2 Å². The van der Waals surface area contributed by atoms with E-state index in [0.29, 0.717) is 53.5 Å². The molecule has 3 rings (SSSR count). The van der Waals surface area contributed by atoms with E-state index in [1.165, 1.54) is 0 Å². The maximum Gasteiger partial charge on any atom is 0.293 e. The lowest BCUT2D eigenvalue weighted by atomic mass is 9.97. The number of aromatic nitrogens is 3. The third kappa shape index (κ3) is 3.66. The smallest absolute Gasteiger partial charge is 0.293 e. The molecule has 2 aromatic rings. The minimum absolute atomic E-state index is 0.160. The van der Waals surface area contributed by atoms with E-state index in [9.17, 15) is 4.79 Å². The molecule has 1 aromatic heterocycles. The lowest BCUT2D eigenvalue weighted by Gasteiger charge is -2.30. The standard InChI is InChI=1S/C17H21Cl2N5O/c1-2-14-21-16(17(25)23-8-6-11(10-20)7-9-23)22-24(14)15-12(18)4-3-5-13(15)19/h3-5,11H,2,6-10,20H2,1H3. The van der Waals surface area contributed by atoms with Gasteiger partial charge >= 0.3 is 0 Å². The summed E-state index contributed by atoms with van der Waals surface area (Å²) in [5.41, 5.74) is 6.27. The van der Waals surface area contributed by atoms with Crippen molar-refractivity contribution >= 4 is 29.1 Å². The van der Waals surface area contributed by atoms with Gasteiger partial charge in [-0.2, -0.15) is 0 Å². The zero-order chi connectivity index (χ0) is 18.0. The molecule has 0 atom stereocenters. The summed E-state index contributed by atoms with van der Waals surface area (Å²) in [6.45, 7) is 3.99. The van der Waals surface area contributed by atoms with Crippen molar-refractivity contribution in [3.05, 3.63) is 39.9 Å². The highest BCUT2D eigenvalue weighted by atomic mass is 35.5. The van der Waals surface area contributed by atoms with Crippen LogP contribution in [0.25, 0.3) is 5.69 Å². The number of rotatable bonds is 4. The van der Waals surface area contributed by atoms with Gasteiger partial charge in [-0.3, -0.25) is 4.79 Å². The van der Waals surface area contributed by atoms with Crippen molar-refractivity contribution in [2.75, 3.05) is 19.6 Å². The molecule has 1 aliphatic rings. The molecule has 0 bridgehead atoms. The largest absolute Gasteiger partial charge is 0.336 e. The highest BCUT2D eigenvalue weighted by Gasteiger charge is 2.27. The van der Waals surface area contributed by atoms with Gasteiger partial charge in [-0.25, -0.2) is 9.67 Å². The van der Waals surface area contributed by atoms with Gasteiger partial charge < -0.3 is 10.6 Å². The Kier molecular flexibility index (Phi) is 5.61. The predicted molar refractivity (Wildman–Crippen MR) is 98.4 cm³/mol. The Morgan fingerprint density at radius 1 is 1.28 bits per heavy atom. The van der Waals surface area contributed by atoms with Crippen molar-refractivity contribution < 1.29 is 4.79 Å². The van der Waals surface area contributed by atoms with Crippen molar-refractivity contribution in [3.63, 3.8) is 0 Å². The summed E-state index contributed by atoms with van der Waals surface area (Å²) in [6, 6.07) is 5.25. The maximum absolute atomic E-state index is 12.8. The number of hydrogen-bond donors (Lipinski definition) is 1. The van der Waals surface area contributed by atoms with Crippen LogP contribution >= 0.6 is 23.2 Å². The number of likely N-dealkylation sites (tertiary alicyclic amines) is 1. The summed E-state index contributed by atoms with van der Waals surface area (Å²) in [7, 11) is 0. The molecule has 2 N–H and O–H groups in total. The summed E-state index contributed by atoms with van der Waals surface area (Å²) < 4.78 is 1.57. The Morgan fingerprint density at radius 2 is 1.92 bits per heavy atom. The fourth-order valence-electron chi connectivity index (χ4n) is 3.05. The van der Waals surface area contributed by atoms with E-state index in [0.717, 1.165) is 12.8 Å². The van der Waals surface area contributed by atoms with Crippen molar-refractivity contribution in [2.45, 2.75) is 26.2 Å². The van der Waals surface area contributed by atoms with Crippen LogP contribution in [0.5, 0.6) is 0 Å². The van der Waals surface area contributed by atoms with Crippen LogP contribution in [0.3, 0.4) is 0 Å². The normalized spacial score (nSPS) is 15.6. The van der Waals surface area contributed by atoms with Gasteiger partial charge in [0.05, 0.1) is 10.0 Å². The molecular formula is C17H21Cl2N5O. The lowest BCUT2D eigenvalue weighted by molar-refractivity contribution is 0.0681. The van der Waals surface area contributed by atoms with Gasteiger partial charge in [-0.1, -0.05) is 36.2 Å². The lowest BCUT2D eigenvalue weighted by Crippen LogP contribution is -2.40. The highest BCUT2D eigenvalue weighted by Crippen LogP contribution is 2.29. The van der Waals surface area contributed by atoms with Crippen LogP contribution in [0.2, 0.25) is 10.0 Å². The predicted octanol–water partition coefficient (Wildman–Crippen LogP) is 2.95. The molecule has 25 heavy (non-hydrogen) atoms. The Labute approximate surface area is 156 Å². The van der Waals surface area contributed by atoms with Crippen molar-refractivity contribution in [1.29, 1.82) is 0 Å². The van der Waals surface area contributed by atoms with E-state index >= 15 is 0 Å². The zero-order valence-electron chi connectivity index (χ0n) is 14.1. The number of benzene rings is 1. The molecule has 0 radical (unpaired) electrons. The third-order valence-electron chi connectivity index (χ3n) is 4.57. The topological polar surface area (TPSA) is 77.0 Å². The number of amides is 1. The monoisotopic (exact) mass is 381 g/mol. The number of hydrogen-bond acceptors (Lipinski definition) is 4. The van der Waals surface area contributed by atoms with E-state index in [2.05, 4.69) is 10.1 Å². The number of nitrogens with two attached hydrogens (primary N) is 1. The molecule has 0 spiro atoms. The van der Waals surface area contributed by atoms with Gasteiger partial charge in [-0.05, 0) is 37.4 Å². The molecule has 0 aliphatic carbocycles. The minimum atomic E-state index is -0.160. The number of para-hydroxylation sites is 1. The van der Waals surface area contributed by atoms with Gasteiger partial charge in [0.1, 0.15) is 11.5 Å². The molecule has 1 aromatic carbocycles. The second-order valence-electron chi connectivity index (χ2n) is 6.16. The van der Waals surface area contributed by atoms with E-state index < -0.39 is 0 Å². The fraction of sp³-hybridized carbons (Fsp3) is 0.471.